The first-order valence-corrected chi connectivity index (χ1v) is 6.75. The molecule has 1 aliphatic heterocycles. The lowest BCUT2D eigenvalue weighted by Gasteiger charge is -2.52. The SMILES string of the molecule is CC1CCC(C)C(CO)(N2CCNCC2)C1. The number of aliphatic hydroxyl groups excluding tert-OH is 1. The van der Waals surface area contributed by atoms with Crippen molar-refractivity contribution in [2.75, 3.05) is 32.8 Å². The Morgan fingerprint density at radius 3 is 2.56 bits per heavy atom. The van der Waals surface area contributed by atoms with Gasteiger partial charge in [0.2, 0.25) is 0 Å². The van der Waals surface area contributed by atoms with E-state index in [9.17, 15) is 5.11 Å². The van der Waals surface area contributed by atoms with Crippen molar-refractivity contribution in [1.29, 1.82) is 0 Å². The van der Waals surface area contributed by atoms with Crippen LogP contribution in [0.1, 0.15) is 33.1 Å². The lowest BCUT2D eigenvalue weighted by atomic mass is 9.69. The van der Waals surface area contributed by atoms with Crippen molar-refractivity contribution in [3.05, 3.63) is 0 Å². The summed E-state index contributed by atoms with van der Waals surface area (Å²) in [5.74, 6) is 1.39. The molecule has 2 aliphatic rings. The second-order valence-corrected chi connectivity index (χ2v) is 5.79. The molecule has 3 nitrogen and oxygen atoms in total. The summed E-state index contributed by atoms with van der Waals surface area (Å²) in [4.78, 5) is 2.55. The molecule has 0 aromatic heterocycles. The number of piperazine rings is 1. The minimum atomic E-state index is 0.0692. The van der Waals surface area contributed by atoms with Gasteiger partial charge in [-0.1, -0.05) is 20.3 Å². The van der Waals surface area contributed by atoms with Crippen molar-refractivity contribution in [3.63, 3.8) is 0 Å². The molecule has 2 fully saturated rings. The molecule has 0 radical (unpaired) electrons. The van der Waals surface area contributed by atoms with Crippen LogP contribution in [0.2, 0.25) is 0 Å². The third-order valence-corrected chi connectivity index (χ3v) is 4.73. The second kappa shape index (κ2) is 5.03. The smallest absolute Gasteiger partial charge is 0.0618 e. The molecule has 0 spiro atoms. The second-order valence-electron chi connectivity index (χ2n) is 5.79. The number of nitrogens with zero attached hydrogens (tertiary/aromatic N) is 1. The predicted molar refractivity (Wildman–Crippen MR) is 66.4 cm³/mol. The van der Waals surface area contributed by atoms with Gasteiger partial charge in [0.1, 0.15) is 0 Å². The first-order valence-electron chi connectivity index (χ1n) is 6.75. The van der Waals surface area contributed by atoms with E-state index in [4.69, 9.17) is 0 Å². The normalized spacial score (nSPS) is 42.2. The van der Waals surface area contributed by atoms with Crippen LogP contribution < -0.4 is 5.32 Å². The van der Waals surface area contributed by atoms with Gasteiger partial charge in [0, 0.05) is 31.7 Å². The van der Waals surface area contributed by atoms with Crippen molar-refractivity contribution >= 4 is 0 Å². The fourth-order valence-electron chi connectivity index (χ4n) is 3.58. The van der Waals surface area contributed by atoms with E-state index in [1.54, 1.807) is 0 Å². The van der Waals surface area contributed by atoms with Crippen LogP contribution in [0.25, 0.3) is 0 Å². The molecule has 1 saturated heterocycles. The van der Waals surface area contributed by atoms with Gasteiger partial charge in [0.15, 0.2) is 0 Å². The van der Waals surface area contributed by atoms with E-state index in [1.807, 2.05) is 0 Å². The molecule has 1 aliphatic carbocycles. The average Bonchev–Trinajstić information content (AvgIpc) is 2.33. The Morgan fingerprint density at radius 1 is 1.25 bits per heavy atom. The standard InChI is InChI=1S/C13H26N2O/c1-11-3-4-12(2)13(9-11,10-16)15-7-5-14-6-8-15/h11-12,14,16H,3-10H2,1-2H3. The van der Waals surface area contributed by atoms with E-state index < -0.39 is 0 Å². The third kappa shape index (κ3) is 2.13. The third-order valence-electron chi connectivity index (χ3n) is 4.73. The zero-order valence-corrected chi connectivity index (χ0v) is 10.7. The maximum atomic E-state index is 9.92. The van der Waals surface area contributed by atoms with E-state index in [0.29, 0.717) is 12.5 Å². The summed E-state index contributed by atoms with van der Waals surface area (Å²) in [6.45, 7) is 9.32. The van der Waals surface area contributed by atoms with Crippen LogP contribution in [0.5, 0.6) is 0 Å². The molecular weight excluding hydrogens is 200 g/mol. The molecule has 16 heavy (non-hydrogen) atoms. The largest absolute Gasteiger partial charge is 0.394 e. The summed E-state index contributed by atoms with van der Waals surface area (Å²) in [6.07, 6.45) is 3.77. The summed E-state index contributed by atoms with van der Waals surface area (Å²) >= 11 is 0. The van der Waals surface area contributed by atoms with Gasteiger partial charge in [-0.2, -0.15) is 0 Å². The Labute approximate surface area is 99.2 Å². The Balaban J connectivity index is 2.14. The quantitative estimate of drug-likeness (QED) is 0.739. The molecule has 3 heteroatoms. The predicted octanol–water partition coefficient (Wildman–Crippen LogP) is 1.08. The first kappa shape index (κ1) is 12.3. The Hall–Kier alpha value is -0.120. The first-order chi connectivity index (χ1) is 7.69. The van der Waals surface area contributed by atoms with Crippen molar-refractivity contribution in [3.8, 4) is 0 Å². The van der Waals surface area contributed by atoms with Crippen molar-refractivity contribution < 1.29 is 5.11 Å². The van der Waals surface area contributed by atoms with Crippen LogP contribution in [-0.2, 0) is 0 Å². The molecule has 1 heterocycles. The lowest BCUT2D eigenvalue weighted by Crippen LogP contribution is -2.62. The van der Waals surface area contributed by atoms with Gasteiger partial charge in [-0.25, -0.2) is 0 Å². The average molecular weight is 226 g/mol. The molecular formula is C13H26N2O. The highest BCUT2D eigenvalue weighted by Crippen LogP contribution is 2.40. The van der Waals surface area contributed by atoms with E-state index in [0.717, 1.165) is 32.1 Å². The molecule has 3 atom stereocenters. The number of rotatable bonds is 2. The Kier molecular flexibility index (Phi) is 3.88. The summed E-state index contributed by atoms with van der Waals surface area (Å²) in [5, 5.41) is 13.3. The van der Waals surface area contributed by atoms with E-state index in [1.165, 1.54) is 19.3 Å². The Bertz CT molecular complexity index is 228. The fourth-order valence-corrected chi connectivity index (χ4v) is 3.58. The molecule has 0 bridgehead atoms. The zero-order chi connectivity index (χ0) is 11.6. The van der Waals surface area contributed by atoms with Gasteiger partial charge < -0.3 is 10.4 Å². The molecule has 3 unspecified atom stereocenters. The molecule has 0 aromatic carbocycles. The van der Waals surface area contributed by atoms with Crippen LogP contribution in [0, 0.1) is 11.8 Å². The molecule has 1 saturated carbocycles. The van der Waals surface area contributed by atoms with Crippen LogP contribution in [0.3, 0.4) is 0 Å². The van der Waals surface area contributed by atoms with Crippen molar-refractivity contribution in [2.45, 2.75) is 38.6 Å². The van der Waals surface area contributed by atoms with Gasteiger partial charge >= 0.3 is 0 Å². The van der Waals surface area contributed by atoms with Crippen LogP contribution >= 0.6 is 0 Å². The molecule has 0 amide bonds. The Morgan fingerprint density at radius 2 is 1.94 bits per heavy atom. The maximum absolute atomic E-state index is 9.92. The molecule has 2 N–H and O–H groups in total. The summed E-state index contributed by atoms with van der Waals surface area (Å²) in [6, 6.07) is 0. The summed E-state index contributed by atoms with van der Waals surface area (Å²) < 4.78 is 0. The van der Waals surface area contributed by atoms with Gasteiger partial charge in [-0.3, -0.25) is 4.90 Å². The van der Waals surface area contributed by atoms with E-state index in [2.05, 4.69) is 24.1 Å². The molecule has 94 valence electrons. The lowest BCUT2D eigenvalue weighted by molar-refractivity contribution is -0.0541. The molecule has 0 aromatic rings. The topological polar surface area (TPSA) is 35.5 Å². The fraction of sp³-hybridized carbons (Fsp3) is 1.00. The van der Waals surface area contributed by atoms with Gasteiger partial charge in [0.05, 0.1) is 6.61 Å². The van der Waals surface area contributed by atoms with Crippen LogP contribution in [-0.4, -0.2) is 48.3 Å². The van der Waals surface area contributed by atoms with Gasteiger partial charge in [-0.05, 0) is 24.7 Å². The summed E-state index contributed by atoms with van der Waals surface area (Å²) in [5.41, 5.74) is 0.0692. The highest BCUT2D eigenvalue weighted by atomic mass is 16.3. The number of hydrogen-bond acceptors (Lipinski definition) is 3. The summed E-state index contributed by atoms with van der Waals surface area (Å²) in [7, 11) is 0. The number of hydrogen-bond donors (Lipinski definition) is 2. The monoisotopic (exact) mass is 226 g/mol. The van der Waals surface area contributed by atoms with Crippen molar-refractivity contribution in [1.82, 2.24) is 10.2 Å². The number of nitrogens with one attached hydrogen (secondary N) is 1. The van der Waals surface area contributed by atoms with Crippen LogP contribution in [0.4, 0.5) is 0 Å². The van der Waals surface area contributed by atoms with E-state index >= 15 is 0 Å². The highest BCUT2D eigenvalue weighted by Gasteiger charge is 2.44. The highest BCUT2D eigenvalue weighted by molar-refractivity contribution is 4.99. The van der Waals surface area contributed by atoms with E-state index in [-0.39, 0.29) is 5.54 Å². The number of aliphatic hydroxyl groups is 1. The van der Waals surface area contributed by atoms with Gasteiger partial charge in [0.25, 0.3) is 0 Å². The van der Waals surface area contributed by atoms with Crippen molar-refractivity contribution in [2.24, 2.45) is 11.8 Å². The zero-order valence-electron chi connectivity index (χ0n) is 10.7. The minimum Gasteiger partial charge on any atom is -0.394 e. The molecule has 2 rings (SSSR count). The maximum Gasteiger partial charge on any atom is 0.0618 e. The van der Waals surface area contributed by atoms with Crippen LogP contribution in [0.15, 0.2) is 0 Å². The van der Waals surface area contributed by atoms with Gasteiger partial charge in [-0.15, -0.1) is 0 Å². The minimum absolute atomic E-state index is 0.0692.